The number of hydrogen-bond acceptors (Lipinski definition) is 3. The first-order chi connectivity index (χ1) is 11.2. The van der Waals surface area contributed by atoms with E-state index in [0.29, 0.717) is 6.54 Å². The van der Waals surface area contributed by atoms with Crippen LogP contribution in [-0.4, -0.2) is 25.1 Å². The second-order valence-corrected chi connectivity index (χ2v) is 5.31. The Morgan fingerprint density at radius 1 is 1.13 bits per heavy atom. The van der Waals surface area contributed by atoms with Gasteiger partial charge in [-0.1, -0.05) is 30.3 Å². The number of aliphatic imine (C=N–C) groups is 1. The molecule has 0 unspecified atom stereocenters. The maximum Gasteiger partial charge on any atom is 0.191 e. The molecule has 0 atom stereocenters. The number of benzene rings is 1. The van der Waals surface area contributed by atoms with Crippen LogP contribution in [0.3, 0.4) is 0 Å². The van der Waals surface area contributed by atoms with Crippen molar-refractivity contribution < 1.29 is 4.74 Å². The molecular formula is C18H24N4O. The van der Waals surface area contributed by atoms with Gasteiger partial charge in [0.1, 0.15) is 5.75 Å². The fourth-order valence-electron chi connectivity index (χ4n) is 2.42. The van der Waals surface area contributed by atoms with Crippen LogP contribution in [0, 0.1) is 13.8 Å². The van der Waals surface area contributed by atoms with Gasteiger partial charge in [-0.2, -0.15) is 0 Å². The number of guanidine groups is 1. The van der Waals surface area contributed by atoms with E-state index in [4.69, 9.17) is 4.74 Å². The Kier molecular flexibility index (Phi) is 5.97. The molecule has 2 aromatic rings. The lowest BCUT2D eigenvalue weighted by atomic mass is 10.1. The average molecular weight is 312 g/mol. The molecule has 0 amide bonds. The third kappa shape index (κ3) is 4.45. The largest absolute Gasteiger partial charge is 0.496 e. The molecule has 0 spiro atoms. The van der Waals surface area contributed by atoms with E-state index in [-0.39, 0.29) is 0 Å². The van der Waals surface area contributed by atoms with E-state index in [1.54, 1.807) is 14.2 Å². The van der Waals surface area contributed by atoms with Crippen LogP contribution in [-0.2, 0) is 13.1 Å². The first kappa shape index (κ1) is 16.8. The molecule has 0 saturated carbocycles. The Labute approximate surface area is 137 Å². The van der Waals surface area contributed by atoms with Crippen molar-refractivity contribution in [1.29, 1.82) is 0 Å². The van der Waals surface area contributed by atoms with Gasteiger partial charge < -0.3 is 15.4 Å². The molecule has 122 valence electrons. The molecule has 0 fully saturated rings. The van der Waals surface area contributed by atoms with Gasteiger partial charge in [-0.25, -0.2) is 0 Å². The third-order valence-electron chi connectivity index (χ3n) is 3.70. The Hall–Kier alpha value is -2.56. The van der Waals surface area contributed by atoms with E-state index in [9.17, 15) is 0 Å². The fourth-order valence-corrected chi connectivity index (χ4v) is 2.42. The van der Waals surface area contributed by atoms with Crippen LogP contribution in [0.2, 0.25) is 0 Å². The van der Waals surface area contributed by atoms with Gasteiger partial charge in [0.25, 0.3) is 0 Å². The fraction of sp³-hybridized carbons (Fsp3) is 0.333. The molecule has 0 aliphatic carbocycles. The quantitative estimate of drug-likeness (QED) is 0.658. The Bertz CT molecular complexity index is 668. The van der Waals surface area contributed by atoms with Gasteiger partial charge in [-0.3, -0.25) is 9.98 Å². The van der Waals surface area contributed by atoms with Crippen molar-refractivity contribution in [1.82, 2.24) is 15.6 Å². The van der Waals surface area contributed by atoms with E-state index >= 15 is 0 Å². The summed E-state index contributed by atoms with van der Waals surface area (Å²) in [6.45, 7) is 5.34. The normalized spacial score (nSPS) is 11.2. The van der Waals surface area contributed by atoms with Crippen LogP contribution in [0.15, 0.2) is 41.5 Å². The monoisotopic (exact) mass is 312 g/mol. The topological polar surface area (TPSA) is 58.5 Å². The Morgan fingerprint density at radius 3 is 2.48 bits per heavy atom. The number of aryl methyl sites for hydroxylation is 1. The van der Waals surface area contributed by atoms with Gasteiger partial charge in [-0.15, -0.1) is 0 Å². The summed E-state index contributed by atoms with van der Waals surface area (Å²) in [7, 11) is 3.45. The summed E-state index contributed by atoms with van der Waals surface area (Å²) in [5.41, 5.74) is 4.26. The molecule has 1 aromatic carbocycles. The van der Waals surface area contributed by atoms with Gasteiger partial charge in [0.2, 0.25) is 0 Å². The lowest BCUT2D eigenvalue weighted by molar-refractivity contribution is 0.406. The highest BCUT2D eigenvalue weighted by atomic mass is 16.5. The summed E-state index contributed by atoms with van der Waals surface area (Å²) < 4.78 is 5.44. The van der Waals surface area contributed by atoms with Crippen LogP contribution in [0.5, 0.6) is 5.75 Å². The van der Waals surface area contributed by atoms with Crippen molar-refractivity contribution in [3.8, 4) is 5.75 Å². The zero-order valence-electron chi connectivity index (χ0n) is 14.2. The molecule has 0 aliphatic rings. The van der Waals surface area contributed by atoms with Gasteiger partial charge in [0.05, 0.1) is 19.3 Å². The molecule has 2 rings (SSSR count). The summed E-state index contributed by atoms with van der Waals surface area (Å²) in [6.07, 6.45) is 1.84. The molecule has 23 heavy (non-hydrogen) atoms. The van der Waals surface area contributed by atoms with Crippen LogP contribution >= 0.6 is 0 Å². The predicted octanol–water partition coefficient (Wildman–Crippen LogP) is 2.57. The minimum atomic E-state index is 0.594. The highest BCUT2D eigenvalue weighted by molar-refractivity contribution is 5.79. The standard InChI is InChI=1S/C18H24N4O/c1-13-10-20-16(14(2)17(13)23-4)12-22-18(19-3)21-11-15-8-6-5-7-9-15/h5-10H,11-12H2,1-4H3,(H2,19,21,22). The van der Waals surface area contributed by atoms with Crippen LogP contribution in [0.1, 0.15) is 22.4 Å². The maximum atomic E-state index is 5.44. The van der Waals surface area contributed by atoms with Crippen molar-refractivity contribution in [2.75, 3.05) is 14.2 Å². The molecule has 5 heteroatoms. The molecule has 1 aromatic heterocycles. The summed E-state index contributed by atoms with van der Waals surface area (Å²) in [6, 6.07) is 10.2. The predicted molar refractivity (Wildman–Crippen MR) is 93.7 cm³/mol. The van der Waals surface area contributed by atoms with Gasteiger partial charge in [0.15, 0.2) is 5.96 Å². The summed E-state index contributed by atoms with van der Waals surface area (Å²) in [4.78, 5) is 8.73. The number of rotatable bonds is 5. The number of aromatic nitrogens is 1. The van der Waals surface area contributed by atoms with E-state index < -0.39 is 0 Å². The molecule has 0 aliphatic heterocycles. The minimum Gasteiger partial charge on any atom is -0.496 e. The number of ether oxygens (including phenoxy) is 1. The zero-order chi connectivity index (χ0) is 16.7. The third-order valence-corrected chi connectivity index (χ3v) is 3.70. The van der Waals surface area contributed by atoms with E-state index in [1.807, 2.05) is 38.2 Å². The van der Waals surface area contributed by atoms with Gasteiger partial charge in [0, 0.05) is 30.9 Å². The van der Waals surface area contributed by atoms with Crippen LogP contribution < -0.4 is 15.4 Å². The molecule has 0 radical (unpaired) electrons. The summed E-state index contributed by atoms with van der Waals surface area (Å²) in [5.74, 6) is 1.64. The van der Waals surface area contributed by atoms with Crippen LogP contribution in [0.4, 0.5) is 0 Å². The van der Waals surface area contributed by atoms with E-state index in [2.05, 4.69) is 32.7 Å². The number of methoxy groups -OCH3 is 1. The molecule has 5 nitrogen and oxygen atoms in total. The van der Waals surface area contributed by atoms with Crippen molar-refractivity contribution >= 4 is 5.96 Å². The number of hydrogen-bond donors (Lipinski definition) is 2. The first-order valence-electron chi connectivity index (χ1n) is 7.63. The van der Waals surface area contributed by atoms with E-state index in [1.165, 1.54) is 5.56 Å². The lowest BCUT2D eigenvalue weighted by Gasteiger charge is -2.15. The zero-order valence-corrected chi connectivity index (χ0v) is 14.2. The number of nitrogens with one attached hydrogen (secondary N) is 2. The average Bonchev–Trinajstić information content (AvgIpc) is 2.58. The SMILES string of the molecule is CN=C(NCc1ccccc1)NCc1ncc(C)c(OC)c1C. The molecule has 0 saturated heterocycles. The molecule has 2 N–H and O–H groups in total. The van der Waals surface area contributed by atoms with Crippen molar-refractivity contribution in [3.63, 3.8) is 0 Å². The Morgan fingerprint density at radius 2 is 1.83 bits per heavy atom. The minimum absolute atomic E-state index is 0.594. The molecular weight excluding hydrogens is 288 g/mol. The second kappa shape index (κ2) is 8.17. The number of pyridine rings is 1. The van der Waals surface area contributed by atoms with Crippen molar-refractivity contribution in [2.24, 2.45) is 4.99 Å². The molecule has 0 bridgehead atoms. The van der Waals surface area contributed by atoms with Crippen LogP contribution in [0.25, 0.3) is 0 Å². The summed E-state index contributed by atoms with van der Waals surface area (Å²) in [5, 5.41) is 6.58. The first-order valence-corrected chi connectivity index (χ1v) is 7.63. The van der Waals surface area contributed by atoms with Gasteiger partial charge in [-0.05, 0) is 19.4 Å². The van der Waals surface area contributed by atoms with E-state index in [0.717, 1.165) is 35.1 Å². The highest BCUT2D eigenvalue weighted by Crippen LogP contribution is 2.23. The second-order valence-electron chi connectivity index (χ2n) is 5.31. The smallest absolute Gasteiger partial charge is 0.191 e. The van der Waals surface area contributed by atoms with Crippen molar-refractivity contribution in [2.45, 2.75) is 26.9 Å². The summed E-state index contributed by atoms with van der Waals surface area (Å²) >= 11 is 0. The molecule has 1 heterocycles. The maximum absolute atomic E-state index is 5.44. The highest BCUT2D eigenvalue weighted by Gasteiger charge is 2.09. The number of nitrogens with zero attached hydrogens (tertiary/aromatic N) is 2. The Balaban J connectivity index is 1.96. The lowest BCUT2D eigenvalue weighted by Crippen LogP contribution is -2.36. The van der Waals surface area contributed by atoms with Gasteiger partial charge >= 0.3 is 0 Å². The van der Waals surface area contributed by atoms with Crippen molar-refractivity contribution in [3.05, 3.63) is 58.9 Å².